The monoisotopic (exact) mass is 636 g/mol. The second kappa shape index (κ2) is 16.2. The number of hydrogen-bond donors (Lipinski definition) is 4. The number of allylic oxidation sites excluding steroid dienone is 3. The van der Waals surface area contributed by atoms with Crippen LogP contribution in [0.2, 0.25) is 0 Å². The summed E-state index contributed by atoms with van der Waals surface area (Å²) in [6.07, 6.45) is 9.78. The maximum absolute atomic E-state index is 12.9. The van der Waals surface area contributed by atoms with Crippen molar-refractivity contribution in [1.82, 2.24) is 0 Å². The summed E-state index contributed by atoms with van der Waals surface area (Å²) < 4.78 is 11.6. The molecule has 0 heterocycles. The molecule has 1 aliphatic rings. The predicted octanol–water partition coefficient (Wildman–Crippen LogP) is 8.14. The molecular formula is C40H44O7. The highest BCUT2D eigenvalue weighted by molar-refractivity contribution is 5.84. The van der Waals surface area contributed by atoms with Gasteiger partial charge in [0.1, 0.15) is 29.6 Å². The van der Waals surface area contributed by atoms with Crippen molar-refractivity contribution in [2.75, 3.05) is 7.11 Å². The van der Waals surface area contributed by atoms with E-state index in [1.54, 1.807) is 43.5 Å². The van der Waals surface area contributed by atoms with Gasteiger partial charge in [0.25, 0.3) is 0 Å². The molecule has 0 spiro atoms. The Morgan fingerprint density at radius 3 is 2.38 bits per heavy atom. The molecule has 7 heteroatoms. The van der Waals surface area contributed by atoms with Crippen LogP contribution >= 0.6 is 0 Å². The predicted molar refractivity (Wildman–Crippen MR) is 184 cm³/mol. The summed E-state index contributed by atoms with van der Waals surface area (Å²) in [5, 5.41) is 42.4. The average molecular weight is 637 g/mol. The first-order valence-corrected chi connectivity index (χ1v) is 16.3. The van der Waals surface area contributed by atoms with Crippen LogP contribution in [0.15, 0.2) is 103 Å². The normalized spacial score (nSPS) is 16.5. The molecule has 7 nitrogen and oxygen atoms in total. The van der Waals surface area contributed by atoms with Crippen molar-refractivity contribution in [2.45, 2.75) is 64.1 Å². The van der Waals surface area contributed by atoms with E-state index in [0.29, 0.717) is 37.4 Å². The number of carbonyl (C=O) groups excluding carboxylic acids is 1. The van der Waals surface area contributed by atoms with Crippen LogP contribution in [-0.4, -0.2) is 39.4 Å². The quantitative estimate of drug-likeness (QED) is 0.0918. The molecule has 0 amide bonds. The smallest absolute Gasteiger partial charge is 0.161 e. The molecule has 0 aromatic heterocycles. The number of aryl methyl sites for hydroxylation is 2. The third kappa shape index (κ3) is 9.87. The molecular weight excluding hydrogens is 592 g/mol. The summed E-state index contributed by atoms with van der Waals surface area (Å²) in [5.41, 5.74) is 3.02. The second-order valence-corrected chi connectivity index (χ2v) is 12.5. The Labute approximate surface area is 276 Å². The summed E-state index contributed by atoms with van der Waals surface area (Å²) in [7, 11) is 1.59. The number of hydrogen-bond acceptors (Lipinski definition) is 7. The molecule has 47 heavy (non-hydrogen) atoms. The van der Waals surface area contributed by atoms with Crippen LogP contribution in [0.5, 0.6) is 23.0 Å². The van der Waals surface area contributed by atoms with Gasteiger partial charge in [-0.15, -0.1) is 0 Å². The number of phenolic OH excluding ortho intramolecular Hbond substituents is 2. The number of phenols is 2. The minimum Gasteiger partial charge on any atom is -0.508 e. The van der Waals surface area contributed by atoms with Crippen molar-refractivity contribution in [3.8, 4) is 23.0 Å². The third-order valence-electron chi connectivity index (χ3n) is 8.82. The minimum atomic E-state index is -0.793. The van der Waals surface area contributed by atoms with Crippen molar-refractivity contribution in [3.63, 3.8) is 0 Å². The van der Waals surface area contributed by atoms with Crippen molar-refractivity contribution in [1.29, 1.82) is 0 Å². The van der Waals surface area contributed by atoms with E-state index in [-0.39, 0.29) is 41.3 Å². The molecule has 0 fully saturated rings. The lowest BCUT2D eigenvalue weighted by molar-refractivity contribution is -0.121. The van der Waals surface area contributed by atoms with Gasteiger partial charge in [-0.25, -0.2) is 0 Å². The third-order valence-corrected chi connectivity index (χ3v) is 8.82. The lowest BCUT2D eigenvalue weighted by Gasteiger charge is -2.27. The van der Waals surface area contributed by atoms with Gasteiger partial charge in [-0.1, -0.05) is 48.9 Å². The molecule has 0 unspecified atom stereocenters. The van der Waals surface area contributed by atoms with Crippen molar-refractivity contribution >= 4 is 16.6 Å². The molecule has 4 N–H and O–H groups in total. The standard InChI is InChI=1S/C40H44O7/c1-46-39-18-11-28(21-40(39)47-26-29-9-12-32-22-35(42)17-14-31(32)19-29)10-15-37(44)25-38(45)24-33-23-36(43)16-13-30(33)7-3-2-5-27-6-4-8-34(41)20-27/h4,6,8-9,11-14,16-23,30,33,38,41-43,45H,2-3,5,7,10,15,24-26H2,1H3/t30-,33-,38+/m1/s1. The maximum atomic E-state index is 12.9. The summed E-state index contributed by atoms with van der Waals surface area (Å²) >= 11 is 0. The Balaban J connectivity index is 1.09. The molecule has 246 valence electrons. The van der Waals surface area contributed by atoms with Crippen molar-refractivity contribution < 1.29 is 34.7 Å². The number of carbonyl (C=O) groups is 1. The lowest BCUT2D eigenvalue weighted by atomic mass is 9.80. The molecule has 1 aliphatic carbocycles. The van der Waals surface area contributed by atoms with E-state index in [2.05, 4.69) is 0 Å². The minimum absolute atomic E-state index is 0.0137. The molecule has 0 saturated carbocycles. The van der Waals surface area contributed by atoms with Crippen LogP contribution in [0.4, 0.5) is 0 Å². The Morgan fingerprint density at radius 1 is 0.787 bits per heavy atom. The zero-order valence-electron chi connectivity index (χ0n) is 26.8. The number of unbranched alkanes of at least 4 members (excludes halogenated alkanes) is 1. The molecule has 4 aromatic rings. The number of ether oxygens (including phenoxy) is 2. The number of ketones is 1. The molecule has 0 aliphatic heterocycles. The van der Waals surface area contributed by atoms with Crippen LogP contribution < -0.4 is 9.47 Å². The zero-order valence-corrected chi connectivity index (χ0v) is 26.8. The molecule has 4 aromatic carbocycles. The Bertz CT molecular complexity index is 1720. The first kappa shape index (κ1) is 33.6. The van der Waals surface area contributed by atoms with E-state index in [0.717, 1.165) is 53.1 Å². The fraction of sp³-hybridized carbons (Fsp3) is 0.325. The maximum Gasteiger partial charge on any atom is 0.161 e. The molecule has 0 bridgehead atoms. The van der Waals surface area contributed by atoms with Crippen LogP contribution in [0.25, 0.3) is 10.8 Å². The first-order chi connectivity index (χ1) is 22.7. The van der Waals surface area contributed by atoms with E-state index in [9.17, 15) is 25.2 Å². The Kier molecular flexibility index (Phi) is 11.6. The van der Waals surface area contributed by atoms with Gasteiger partial charge in [0.2, 0.25) is 0 Å². The summed E-state index contributed by atoms with van der Waals surface area (Å²) in [5.74, 6) is 2.03. The van der Waals surface area contributed by atoms with Gasteiger partial charge < -0.3 is 29.9 Å². The molecule has 0 radical (unpaired) electrons. The fourth-order valence-electron chi connectivity index (χ4n) is 6.31. The van der Waals surface area contributed by atoms with Crippen molar-refractivity contribution in [2.24, 2.45) is 11.8 Å². The Morgan fingerprint density at radius 2 is 1.55 bits per heavy atom. The van der Waals surface area contributed by atoms with Gasteiger partial charge in [-0.3, -0.25) is 4.79 Å². The van der Waals surface area contributed by atoms with Crippen molar-refractivity contribution in [3.05, 3.63) is 120 Å². The first-order valence-electron chi connectivity index (χ1n) is 16.3. The number of methoxy groups -OCH3 is 1. The van der Waals surface area contributed by atoms with E-state index in [4.69, 9.17) is 9.47 Å². The number of benzene rings is 4. The van der Waals surface area contributed by atoms with Crippen LogP contribution in [0, 0.1) is 11.8 Å². The second-order valence-electron chi connectivity index (χ2n) is 12.5. The largest absolute Gasteiger partial charge is 0.508 e. The number of aromatic hydroxyl groups is 2. The molecule has 0 saturated heterocycles. The number of rotatable bonds is 16. The highest BCUT2D eigenvalue weighted by atomic mass is 16.5. The van der Waals surface area contributed by atoms with E-state index in [1.807, 2.05) is 60.7 Å². The summed E-state index contributed by atoms with van der Waals surface area (Å²) in [4.78, 5) is 12.9. The lowest BCUT2D eigenvalue weighted by Crippen LogP contribution is -2.23. The average Bonchev–Trinajstić information content (AvgIpc) is 3.05. The SMILES string of the molecule is COc1ccc(CCC(=O)C[C@@H](O)C[C@H]2C=C(O)C=C[C@H]2CCCCc2cccc(O)c2)cc1OCc1ccc2cc(O)ccc2c1. The molecule has 3 atom stereocenters. The summed E-state index contributed by atoms with van der Waals surface area (Å²) in [6, 6.07) is 24.2. The Hall–Kier alpha value is -4.75. The van der Waals surface area contributed by atoms with E-state index < -0.39 is 6.10 Å². The number of aliphatic hydroxyl groups excluding tert-OH is 2. The number of fused-ring (bicyclic) bond motifs is 1. The van der Waals surface area contributed by atoms with Crippen LogP contribution in [-0.2, 0) is 24.2 Å². The fourth-order valence-corrected chi connectivity index (χ4v) is 6.31. The number of Topliss-reactive ketones (excluding diaryl/α,β-unsaturated/α-hetero) is 1. The van der Waals surface area contributed by atoms with Gasteiger partial charge in [0, 0.05) is 12.8 Å². The topological polar surface area (TPSA) is 116 Å². The van der Waals surface area contributed by atoms with Crippen LogP contribution in [0.1, 0.15) is 55.2 Å². The van der Waals surface area contributed by atoms with Gasteiger partial charge in [0.15, 0.2) is 11.5 Å². The summed E-state index contributed by atoms with van der Waals surface area (Å²) in [6.45, 7) is 0.334. The van der Waals surface area contributed by atoms with Gasteiger partial charge >= 0.3 is 0 Å². The van der Waals surface area contributed by atoms with Gasteiger partial charge in [-0.2, -0.15) is 0 Å². The van der Waals surface area contributed by atoms with E-state index in [1.165, 1.54) is 0 Å². The highest BCUT2D eigenvalue weighted by Crippen LogP contribution is 2.32. The number of aliphatic hydroxyl groups is 2. The highest BCUT2D eigenvalue weighted by Gasteiger charge is 2.25. The van der Waals surface area contributed by atoms with Crippen LogP contribution in [0.3, 0.4) is 0 Å². The zero-order chi connectivity index (χ0) is 33.2. The van der Waals surface area contributed by atoms with Gasteiger partial charge in [0.05, 0.1) is 13.2 Å². The van der Waals surface area contributed by atoms with Gasteiger partial charge in [-0.05, 0) is 126 Å². The van der Waals surface area contributed by atoms with E-state index >= 15 is 0 Å². The molecule has 5 rings (SSSR count).